The molecule has 2 fully saturated rings. The lowest BCUT2D eigenvalue weighted by Gasteiger charge is -2.23. The number of rotatable bonds is 4. The summed E-state index contributed by atoms with van der Waals surface area (Å²) in [5.74, 6) is 0.827. The van der Waals surface area contributed by atoms with Gasteiger partial charge in [0.25, 0.3) is 0 Å². The Bertz CT molecular complexity index is 499. The average molecular weight is 331 g/mol. The Morgan fingerprint density at radius 2 is 2.14 bits per heavy atom. The van der Waals surface area contributed by atoms with Crippen molar-refractivity contribution in [3.05, 3.63) is 10.0 Å². The molecule has 1 aromatic rings. The van der Waals surface area contributed by atoms with Gasteiger partial charge in [-0.15, -0.1) is 22.6 Å². The SMILES string of the molecule is CC(C)c1nnc(CNC(=O)C2CC23CCNCC3)s1.Cl. The van der Waals surface area contributed by atoms with Gasteiger partial charge in [-0.1, -0.05) is 25.2 Å². The molecule has 1 saturated heterocycles. The number of carbonyl (C=O) groups excluding carboxylic acids is 1. The second kappa shape index (κ2) is 6.58. The van der Waals surface area contributed by atoms with Gasteiger partial charge in [0.1, 0.15) is 10.0 Å². The van der Waals surface area contributed by atoms with Gasteiger partial charge in [0.2, 0.25) is 5.91 Å². The molecule has 1 amide bonds. The van der Waals surface area contributed by atoms with E-state index in [4.69, 9.17) is 0 Å². The van der Waals surface area contributed by atoms with Crippen molar-refractivity contribution in [2.75, 3.05) is 13.1 Å². The van der Waals surface area contributed by atoms with E-state index in [2.05, 4.69) is 34.7 Å². The lowest BCUT2D eigenvalue weighted by molar-refractivity contribution is -0.123. The van der Waals surface area contributed by atoms with Gasteiger partial charge in [-0.25, -0.2) is 0 Å². The topological polar surface area (TPSA) is 66.9 Å². The third-order valence-electron chi connectivity index (χ3n) is 4.50. The Morgan fingerprint density at radius 3 is 2.76 bits per heavy atom. The van der Waals surface area contributed by atoms with Gasteiger partial charge in [0, 0.05) is 11.8 Å². The molecule has 118 valence electrons. The highest BCUT2D eigenvalue weighted by atomic mass is 35.5. The molecule has 2 N–H and O–H groups in total. The van der Waals surface area contributed by atoms with Gasteiger partial charge in [-0.2, -0.15) is 0 Å². The van der Waals surface area contributed by atoms with Crippen molar-refractivity contribution in [1.82, 2.24) is 20.8 Å². The van der Waals surface area contributed by atoms with E-state index in [-0.39, 0.29) is 24.2 Å². The summed E-state index contributed by atoms with van der Waals surface area (Å²) < 4.78 is 0. The Morgan fingerprint density at radius 1 is 1.43 bits per heavy atom. The van der Waals surface area contributed by atoms with Crippen LogP contribution in [0.3, 0.4) is 0 Å². The molecular weight excluding hydrogens is 308 g/mol. The fourth-order valence-corrected chi connectivity index (χ4v) is 3.84. The van der Waals surface area contributed by atoms with Crippen molar-refractivity contribution in [2.45, 2.75) is 45.6 Å². The minimum Gasteiger partial charge on any atom is -0.349 e. The molecule has 2 aliphatic rings. The van der Waals surface area contributed by atoms with E-state index in [9.17, 15) is 4.79 Å². The van der Waals surface area contributed by atoms with Crippen LogP contribution in [-0.2, 0) is 11.3 Å². The summed E-state index contributed by atoms with van der Waals surface area (Å²) in [6, 6.07) is 0. The first-order chi connectivity index (χ1) is 9.61. The average Bonchev–Trinajstić information content (AvgIpc) is 2.92. The minimum absolute atomic E-state index is 0. The van der Waals surface area contributed by atoms with E-state index >= 15 is 0 Å². The Hall–Kier alpha value is -0.720. The van der Waals surface area contributed by atoms with Crippen molar-refractivity contribution in [2.24, 2.45) is 11.3 Å². The van der Waals surface area contributed by atoms with Gasteiger partial charge in [0.15, 0.2) is 0 Å². The molecule has 1 unspecified atom stereocenters. The van der Waals surface area contributed by atoms with Crippen molar-refractivity contribution in [1.29, 1.82) is 0 Å². The zero-order valence-electron chi connectivity index (χ0n) is 12.5. The van der Waals surface area contributed by atoms with Crippen molar-refractivity contribution < 1.29 is 4.79 Å². The minimum atomic E-state index is 0. The first-order valence-corrected chi connectivity index (χ1v) is 8.23. The Balaban J connectivity index is 0.00000161. The Kier molecular flexibility index (Phi) is 5.22. The van der Waals surface area contributed by atoms with Crippen LogP contribution in [0.5, 0.6) is 0 Å². The molecule has 0 radical (unpaired) electrons. The summed E-state index contributed by atoms with van der Waals surface area (Å²) in [5, 5.41) is 16.6. The molecule has 1 atom stereocenters. The van der Waals surface area contributed by atoms with Crippen molar-refractivity contribution >= 4 is 29.7 Å². The number of nitrogens with one attached hydrogen (secondary N) is 2. The van der Waals surface area contributed by atoms with E-state index in [0.29, 0.717) is 17.9 Å². The van der Waals surface area contributed by atoms with Crippen molar-refractivity contribution in [3.63, 3.8) is 0 Å². The van der Waals surface area contributed by atoms with Crippen LogP contribution in [0.15, 0.2) is 0 Å². The number of nitrogens with zero attached hydrogens (tertiary/aromatic N) is 2. The number of piperidine rings is 1. The van der Waals surface area contributed by atoms with Crippen LogP contribution in [0.25, 0.3) is 0 Å². The van der Waals surface area contributed by atoms with E-state index in [1.165, 1.54) is 0 Å². The largest absolute Gasteiger partial charge is 0.349 e. The standard InChI is InChI=1S/C14H22N4OS.ClH/c1-9(2)13-18-17-11(20-13)8-16-12(19)10-7-14(10)3-5-15-6-4-14;/h9-10,15H,3-8H2,1-2H3,(H,16,19);1H. The van der Waals surface area contributed by atoms with Gasteiger partial charge in [0.05, 0.1) is 6.54 Å². The summed E-state index contributed by atoms with van der Waals surface area (Å²) in [4.78, 5) is 12.2. The zero-order chi connectivity index (χ0) is 14.2. The number of carbonyl (C=O) groups is 1. The number of halogens is 1. The normalized spacial score (nSPS) is 22.9. The van der Waals surface area contributed by atoms with Gasteiger partial charge < -0.3 is 10.6 Å². The predicted molar refractivity (Wildman–Crippen MR) is 85.7 cm³/mol. The molecule has 2 heterocycles. The number of hydrogen-bond donors (Lipinski definition) is 2. The molecule has 1 spiro atoms. The number of hydrogen-bond acceptors (Lipinski definition) is 5. The second-order valence-corrected chi connectivity index (χ2v) is 7.37. The molecule has 1 aliphatic carbocycles. The second-order valence-electron chi connectivity index (χ2n) is 6.28. The fourth-order valence-electron chi connectivity index (χ4n) is 3.05. The van der Waals surface area contributed by atoms with E-state index in [1.807, 2.05) is 0 Å². The van der Waals surface area contributed by atoms with Gasteiger partial charge in [-0.05, 0) is 37.8 Å². The maximum absolute atomic E-state index is 12.2. The maximum atomic E-state index is 12.2. The van der Waals surface area contributed by atoms with Crippen molar-refractivity contribution in [3.8, 4) is 0 Å². The van der Waals surface area contributed by atoms with Crippen LogP contribution in [0.2, 0.25) is 0 Å². The summed E-state index contributed by atoms with van der Waals surface area (Å²) in [7, 11) is 0. The van der Waals surface area contributed by atoms with Crippen LogP contribution < -0.4 is 10.6 Å². The molecule has 0 bridgehead atoms. The van der Waals surface area contributed by atoms with E-state index in [0.717, 1.165) is 42.4 Å². The third-order valence-corrected chi connectivity index (χ3v) is 5.72. The molecule has 21 heavy (non-hydrogen) atoms. The lowest BCUT2D eigenvalue weighted by atomic mass is 9.92. The van der Waals surface area contributed by atoms with Gasteiger partial charge >= 0.3 is 0 Å². The highest BCUT2D eigenvalue weighted by Gasteiger charge is 2.57. The zero-order valence-corrected chi connectivity index (χ0v) is 14.1. The first kappa shape index (κ1) is 16.6. The lowest BCUT2D eigenvalue weighted by Crippen LogP contribution is -2.33. The van der Waals surface area contributed by atoms with Crippen LogP contribution in [-0.4, -0.2) is 29.2 Å². The van der Waals surface area contributed by atoms with Crippen LogP contribution in [0, 0.1) is 11.3 Å². The first-order valence-electron chi connectivity index (χ1n) is 7.41. The van der Waals surface area contributed by atoms with Crippen LogP contribution >= 0.6 is 23.7 Å². The molecule has 5 nitrogen and oxygen atoms in total. The quantitative estimate of drug-likeness (QED) is 0.887. The molecular formula is C14H23ClN4OS. The number of amides is 1. The molecule has 0 aromatic carbocycles. The third kappa shape index (κ3) is 3.55. The van der Waals surface area contributed by atoms with E-state index in [1.54, 1.807) is 11.3 Å². The molecule has 1 aromatic heterocycles. The molecule has 3 rings (SSSR count). The molecule has 1 aliphatic heterocycles. The summed E-state index contributed by atoms with van der Waals surface area (Å²) in [6.07, 6.45) is 3.34. The summed E-state index contributed by atoms with van der Waals surface area (Å²) in [6.45, 7) is 6.84. The summed E-state index contributed by atoms with van der Waals surface area (Å²) in [5.41, 5.74) is 0.305. The summed E-state index contributed by atoms with van der Waals surface area (Å²) >= 11 is 1.60. The molecule has 1 saturated carbocycles. The number of aromatic nitrogens is 2. The predicted octanol–water partition coefficient (Wildman–Crippen LogP) is 2.09. The maximum Gasteiger partial charge on any atom is 0.224 e. The molecule has 7 heteroatoms. The highest BCUT2D eigenvalue weighted by molar-refractivity contribution is 7.11. The Labute approximate surface area is 135 Å². The monoisotopic (exact) mass is 330 g/mol. The smallest absolute Gasteiger partial charge is 0.224 e. The fraction of sp³-hybridized carbons (Fsp3) is 0.786. The van der Waals surface area contributed by atoms with Gasteiger partial charge in [-0.3, -0.25) is 4.79 Å². The van der Waals surface area contributed by atoms with E-state index < -0.39 is 0 Å². The van der Waals surface area contributed by atoms with Crippen LogP contribution in [0.1, 0.15) is 49.0 Å². The highest BCUT2D eigenvalue weighted by Crippen LogP contribution is 2.58. The van der Waals surface area contributed by atoms with Crippen LogP contribution in [0.4, 0.5) is 0 Å².